The standard InChI is InChI=1S/C15H17NO3S/c1-11-6-8-15(9-7-11)20(18,19)16-12(2)13-4-3-5-14(17)10-13/h3-10,12,16-17H,1-2H3/t12-/m1/s1. The Labute approximate surface area is 119 Å². The largest absolute Gasteiger partial charge is 0.508 e. The summed E-state index contributed by atoms with van der Waals surface area (Å²) in [5.74, 6) is 0.115. The average Bonchev–Trinajstić information content (AvgIpc) is 2.38. The lowest BCUT2D eigenvalue weighted by Crippen LogP contribution is -2.26. The van der Waals surface area contributed by atoms with E-state index >= 15 is 0 Å². The lowest BCUT2D eigenvalue weighted by molar-refractivity contribution is 0.473. The van der Waals surface area contributed by atoms with Gasteiger partial charge in [0.05, 0.1) is 4.90 Å². The fourth-order valence-electron chi connectivity index (χ4n) is 1.88. The van der Waals surface area contributed by atoms with E-state index in [9.17, 15) is 13.5 Å². The summed E-state index contributed by atoms with van der Waals surface area (Å²) in [4.78, 5) is 0.232. The maximum Gasteiger partial charge on any atom is 0.241 e. The maximum atomic E-state index is 12.2. The highest BCUT2D eigenvalue weighted by molar-refractivity contribution is 7.89. The van der Waals surface area contributed by atoms with Crippen LogP contribution in [0, 0.1) is 6.92 Å². The second-order valence-electron chi connectivity index (χ2n) is 4.75. The molecule has 0 aliphatic carbocycles. The van der Waals surface area contributed by atoms with E-state index in [1.165, 1.54) is 0 Å². The predicted octanol–water partition coefficient (Wildman–Crippen LogP) is 2.74. The fourth-order valence-corrected chi connectivity index (χ4v) is 3.11. The van der Waals surface area contributed by atoms with Crippen molar-refractivity contribution < 1.29 is 13.5 Å². The molecule has 0 fully saturated rings. The van der Waals surface area contributed by atoms with E-state index in [-0.39, 0.29) is 10.6 Å². The Bertz CT molecular complexity index is 693. The second-order valence-corrected chi connectivity index (χ2v) is 6.46. The first kappa shape index (κ1) is 14.6. The molecule has 20 heavy (non-hydrogen) atoms. The Morgan fingerprint density at radius 3 is 2.35 bits per heavy atom. The van der Waals surface area contributed by atoms with Gasteiger partial charge in [0.1, 0.15) is 5.75 Å². The normalized spacial score (nSPS) is 13.1. The first-order valence-electron chi connectivity index (χ1n) is 6.26. The molecule has 0 heterocycles. The van der Waals surface area contributed by atoms with Crippen LogP contribution in [0.2, 0.25) is 0 Å². The van der Waals surface area contributed by atoms with Crippen LogP contribution < -0.4 is 4.72 Å². The third-order valence-corrected chi connectivity index (χ3v) is 4.59. The van der Waals surface area contributed by atoms with Crippen LogP contribution in [0.25, 0.3) is 0 Å². The van der Waals surface area contributed by atoms with Crippen molar-refractivity contribution in [2.24, 2.45) is 0 Å². The van der Waals surface area contributed by atoms with Crippen LogP contribution in [0.1, 0.15) is 24.1 Å². The number of hydrogen-bond donors (Lipinski definition) is 2. The van der Waals surface area contributed by atoms with Crippen molar-refractivity contribution in [3.8, 4) is 5.75 Å². The molecule has 2 rings (SSSR count). The molecule has 0 spiro atoms. The van der Waals surface area contributed by atoms with Gasteiger partial charge in [0.25, 0.3) is 0 Å². The van der Waals surface area contributed by atoms with Crippen molar-refractivity contribution >= 4 is 10.0 Å². The van der Waals surface area contributed by atoms with Gasteiger partial charge in [-0.15, -0.1) is 0 Å². The number of nitrogens with one attached hydrogen (secondary N) is 1. The SMILES string of the molecule is Cc1ccc(S(=O)(=O)N[C@H](C)c2cccc(O)c2)cc1. The van der Waals surface area contributed by atoms with Gasteiger partial charge in [-0.25, -0.2) is 13.1 Å². The van der Waals surface area contributed by atoms with E-state index in [1.807, 2.05) is 6.92 Å². The van der Waals surface area contributed by atoms with Gasteiger partial charge in [-0.05, 0) is 43.7 Å². The van der Waals surface area contributed by atoms with Gasteiger partial charge in [-0.3, -0.25) is 0 Å². The zero-order valence-electron chi connectivity index (χ0n) is 11.4. The molecule has 1 atom stereocenters. The van der Waals surface area contributed by atoms with Crippen molar-refractivity contribution in [3.05, 3.63) is 59.7 Å². The van der Waals surface area contributed by atoms with Gasteiger partial charge >= 0.3 is 0 Å². The molecule has 2 aromatic rings. The summed E-state index contributed by atoms with van der Waals surface area (Å²) in [5.41, 5.74) is 1.71. The smallest absolute Gasteiger partial charge is 0.241 e. The minimum atomic E-state index is -3.57. The quantitative estimate of drug-likeness (QED) is 0.910. The molecular weight excluding hydrogens is 274 g/mol. The van der Waals surface area contributed by atoms with Gasteiger partial charge in [0.2, 0.25) is 10.0 Å². The molecule has 0 saturated carbocycles. The van der Waals surface area contributed by atoms with Crippen LogP contribution in [-0.4, -0.2) is 13.5 Å². The highest BCUT2D eigenvalue weighted by Crippen LogP contribution is 2.20. The van der Waals surface area contributed by atoms with E-state index in [1.54, 1.807) is 55.5 Å². The molecule has 0 aliphatic heterocycles. The molecule has 2 N–H and O–H groups in total. The lowest BCUT2D eigenvalue weighted by Gasteiger charge is -2.15. The first-order valence-corrected chi connectivity index (χ1v) is 7.75. The summed E-state index contributed by atoms with van der Waals surface area (Å²) in [6.07, 6.45) is 0. The van der Waals surface area contributed by atoms with Gasteiger partial charge in [0, 0.05) is 6.04 Å². The van der Waals surface area contributed by atoms with Gasteiger partial charge in [-0.1, -0.05) is 29.8 Å². The third kappa shape index (κ3) is 3.37. The summed E-state index contributed by atoms with van der Waals surface area (Å²) in [6, 6.07) is 12.8. The molecular formula is C15H17NO3S. The van der Waals surface area contributed by atoms with Crippen molar-refractivity contribution in [3.63, 3.8) is 0 Å². The highest BCUT2D eigenvalue weighted by atomic mass is 32.2. The van der Waals surface area contributed by atoms with E-state index < -0.39 is 16.1 Å². The molecule has 0 amide bonds. The molecule has 0 aliphatic rings. The number of benzene rings is 2. The summed E-state index contributed by atoms with van der Waals surface area (Å²) >= 11 is 0. The Hall–Kier alpha value is -1.85. The molecule has 0 unspecified atom stereocenters. The van der Waals surface area contributed by atoms with Gasteiger partial charge in [0.15, 0.2) is 0 Å². The highest BCUT2D eigenvalue weighted by Gasteiger charge is 2.18. The fraction of sp³-hybridized carbons (Fsp3) is 0.200. The predicted molar refractivity (Wildman–Crippen MR) is 78.0 cm³/mol. The van der Waals surface area contributed by atoms with Crippen LogP contribution >= 0.6 is 0 Å². The Morgan fingerprint density at radius 1 is 1.10 bits per heavy atom. The van der Waals surface area contributed by atoms with E-state index in [0.717, 1.165) is 5.56 Å². The third-order valence-electron chi connectivity index (χ3n) is 3.03. The number of aryl methyl sites for hydroxylation is 1. The first-order chi connectivity index (χ1) is 9.38. The Balaban J connectivity index is 2.22. The number of rotatable bonds is 4. The monoisotopic (exact) mass is 291 g/mol. The molecule has 106 valence electrons. The van der Waals surface area contributed by atoms with Crippen LogP contribution in [0.4, 0.5) is 0 Å². The molecule has 0 bridgehead atoms. The van der Waals surface area contributed by atoms with E-state index in [2.05, 4.69) is 4.72 Å². The summed E-state index contributed by atoms with van der Waals surface area (Å²) in [6.45, 7) is 3.64. The average molecular weight is 291 g/mol. The number of aromatic hydroxyl groups is 1. The molecule has 0 radical (unpaired) electrons. The van der Waals surface area contributed by atoms with Crippen LogP contribution in [0.5, 0.6) is 5.75 Å². The van der Waals surface area contributed by atoms with Gasteiger partial charge < -0.3 is 5.11 Å². The topological polar surface area (TPSA) is 66.4 Å². The van der Waals surface area contributed by atoms with Crippen LogP contribution in [0.15, 0.2) is 53.4 Å². The molecule has 5 heteroatoms. The van der Waals surface area contributed by atoms with E-state index in [0.29, 0.717) is 5.56 Å². The van der Waals surface area contributed by atoms with Gasteiger partial charge in [-0.2, -0.15) is 0 Å². The Kier molecular flexibility index (Phi) is 4.11. The van der Waals surface area contributed by atoms with Crippen molar-refractivity contribution in [2.45, 2.75) is 24.8 Å². The maximum absolute atomic E-state index is 12.2. The number of phenolic OH excluding ortho intramolecular Hbond substituents is 1. The number of phenols is 1. The minimum absolute atomic E-state index is 0.115. The zero-order chi connectivity index (χ0) is 14.8. The molecule has 0 saturated heterocycles. The van der Waals surface area contributed by atoms with Crippen LogP contribution in [-0.2, 0) is 10.0 Å². The Morgan fingerprint density at radius 2 is 1.75 bits per heavy atom. The number of hydrogen-bond acceptors (Lipinski definition) is 3. The summed E-state index contributed by atoms with van der Waals surface area (Å²) in [7, 11) is -3.57. The molecule has 0 aromatic heterocycles. The van der Waals surface area contributed by atoms with Crippen LogP contribution in [0.3, 0.4) is 0 Å². The minimum Gasteiger partial charge on any atom is -0.508 e. The number of sulfonamides is 1. The summed E-state index contributed by atoms with van der Waals surface area (Å²) < 4.78 is 27.1. The summed E-state index contributed by atoms with van der Waals surface area (Å²) in [5, 5.41) is 9.43. The molecule has 2 aromatic carbocycles. The second kappa shape index (κ2) is 5.64. The van der Waals surface area contributed by atoms with Crippen molar-refractivity contribution in [1.82, 2.24) is 4.72 Å². The van der Waals surface area contributed by atoms with Crippen molar-refractivity contribution in [1.29, 1.82) is 0 Å². The van der Waals surface area contributed by atoms with E-state index in [4.69, 9.17) is 0 Å². The molecule has 4 nitrogen and oxygen atoms in total. The van der Waals surface area contributed by atoms with Crippen molar-refractivity contribution in [2.75, 3.05) is 0 Å². The zero-order valence-corrected chi connectivity index (χ0v) is 12.2. The lowest BCUT2D eigenvalue weighted by atomic mass is 10.1.